The van der Waals surface area contributed by atoms with Gasteiger partial charge in [0.2, 0.25) is 5.89 Å². The number of aromatic nitrogens is 2. The summed E-state index contributed by atoms with van der Waals surface area (Å²) in [5.41, 5.74) is 0. The second-order valence-corrected chi connectivity index (χ2v) is 8.94. The van der Waals surface area contributed by atoms with Gasteiger partial charge in [0.15, 0.2) is 5.82 Å². The first-order chi connectivity index (χ1) is 10.8. The zero-order valence-corrected chi connectivity index (χ0v) is 15.3. The molecule has 1 aromatic rings. The first kappa shape index (κ1) is 18.4. The van der Waals surface area contributed by atoms with E-state index in [1.165, 1.54) is 6.26 Å². The van der Waals surface area contributed by atoms with Crippen LogP contribution in [0.5, 0.6) is 0 Å². The molecular formula is C15H28N4O3S. The zero-order chi connectivity index (χ0) is 17.0. The molecule has 7 nitrogen and oxygen atoms in total. The molecule has 0 aliphatic carbocycles. The van der Waals surface area contributed by atoms with Gasteiger partial charge < -0.3 is 9.42 Å². The van der Waals surface area contributed by atoms with Crippen LogP contribution in [0.15, 0.2) is 4.52 Å². The van der Waals surface area contributed by atoms with Crippen LogP contribution < -0.4 is 0 Å². The predicted molar refractivity (Wildman–Crippen MR) is 89.1 cm³/mol. The van der Waals surface area contributed by atoms with Crippen LogP contribution in [0.1, 0.15) is 50.9 Å². The molecule has 1 aromatic heterocycles. The monoisotopic (exact) mass is 344 g/mol. The molecule has 0 N–H and O–H groups in total. The van der Waals surface area contributed by atoms with Gasteiger partial charge >= 0.3 is 0 Å². The standard InChI is InChI=1S/C15H28N4O3S/c1-12(2)14-16-15(22-17-14)13(3)19-9-7-18(8-10-19)6-5-11-23(4,20)21/h12-13H,5-11H2,1-4H3/t13-/m1/s1. The minimum Gasteiger partial charge on any atom is -0.338 e. The molecular weight excluding hydrogens is 316 g/mol. The maximum Gasteiger partial charge on any atom is 0.243 e. The maximum atomic E-state index is 11.2. The van der Waals surface area contributed by atoms with Crippen LogP contribution in [0.2, 0.25) is 0 Å². The summed E-state index contributed by atoms with van der Waals surface area (Å²) in [5.74, 6) is 1.97. The van der Waals surface area contributed by atoms with Crippen LogP contribution in [0.3, 0.4) is 0 Å². The lowest BCUT2D eigenvalue weighted by Gasteiger charge is -2.36. The summed E-state index contributed by atoms with van der Waals surface area (Å²) < 4.78 is 27.7. The summed E-state index contributed by atoms with van der Waals surface area (Å²) in [6.07, 6.45) is 2.00. The van der Waals surface area contributed by atoms with E-state index < -0.39 is 9.84 Å². The van der Waals surface area contributed by atoms with Gasteiger partial charge in [0.25, 0.3) is 0 Å². The average Bonchev–Trinajstić information content (AvgIpc) is 2.96. The molecule has 23 heavy (non-hydrogen) atoms. The second-order valence-electron chi connectivity index (χ2n) is 6.68. The van der Waals surface area contributed by atoms with Gasteiger partial charge in [-0.1, -0.05) is 19.0 Å². The van der Waals surface area contributed by atoms with Gasteiger partial charge in [-0.15, -0.1) is 0 Å². The third-order valence-electron chi connectivity index (χ3n) is 4.28. The molecule has 0 bridgehead atoms. The number of hydrogen-bond donors (Lipinski definition) is 0. The minimum absolute atomic E-state index is 0.119. The Balaban J connectivity index is 1.79. The molecule has 1 aliphatic rings. The molecule has 2 rings (SSSR count). The molecule has 2 heterocycles. The Morgan fingerprint density at radius 2 is 1.83 bits per heavy atom. The predicted octanol–water partition coefficient (Wildman–Crippen LogP) is 1.31. The summed E-state index contributed by atoms with van der Waals surface area (Å²) in [7, 11) is -2.85. The Hall–Kier alpha value is -0.990. The van der Waals surface area contributed by atoms with Crippen molar-refractivity contribution in [3.05, 3.63) is 11.7 Å². The molecule has 0 saturated carbocycles. The lowest BCUT2D eigenvalue weighted by Crippen LogP contribution is -2.47. The Morgan fingerprint density at radius 3 is 2.35 bits per heavy atom. The number of nitrogens with zero attached hydrogens (tertiary/aromatic N) is 4. The van der Waals surface area contributed by atoms with Crippen LogP contribution in [-0.2, 0) is 9.84 Å². The van der Waals surface area contributed by atoms with E-state index in [2.05, 4.69) is 40.7 Å². The Bertz CT molecular complexity index is 592. The van der Waals surface area contributed by atoms with Gasteiger partial charge in [-0.3, -0.25) is 4.90 Å². The summed E-state index contributed by atoms with van der Waals surface area (Å²) in [6, 6.07) is 0.119. The first-order valence-electron chi connectivity index (χ1n) is 8.24. The van der Waals surface area contributed by atoms with Crippen LogP contribution in [0.25, 0.3) is 0 Å². The lowest BCUT2D eigenvalue weighted by molar-refractivity contribution is 0.0885. The molecule has 1 saturated heterocycles. The van der Waals surface area contributed by atoms with E-state index in [1.54, 1.807) is 0 Å². The third kappa shape index (κ3) is 5.54. The topological polar surface area (TPSA) is 79.5 Å². The van der Waals surface area contributed by atoms with Crippen molar-refractivity contribution in [2.24, 2.45) is 0 Å². The molecule has 0 aromatic carbocycles. The number of sulfone groups is 1. The van der Waals surface area contributed by atoms with Gasteiger partial charge in [-0.05, 0) is 19.9 Å². The van der Waals surface area contributed by atoms with Crippen molar-refractivity contribution < 1.29 is 12.9 Å². The van der Waals surface area contributed by atoms with Crippen molar-refractivity contribution >= 4 is 9.84 Å². The quantitative estimate of drug-likeness (QED) is 0.737. The van der Waals surface area contributed by atoms with Crippen molar-refractivity contribution in [1.29, 1.82) is 0 Å². The number of rotatable bonds is 7. The van der Waals surface area contributed by atoms with E-state index in [-0.39, 0.29) is 17.7 Å². The van der Waals surface area contributed by atoms with Crippen LogP contribution in [0, 0.1) is 0 Å². The smallest absolute Gasteiger partial charge is 0.243 e. The largest absolute Gasteiger partial charge is 0.338 e. The molecule has 0 amide bonds. The highest BCUT2D eigenvalue weighted by molar-refractivity contribution is 7.90. The van der Waals surface area contributed by atoms with Crippen LogP contribution in [-0.4, -0.2) is 73.1 Å². The Labute approximate surface area is 138 Å². The van der Waals surface area contributed by atoms with Crippen molar-refractivity contribution in [3.63, 3.8) is 0 Å². The fourth-order valence-corrected chi connectivity index (χ4v) is 3.39. The molecule has 0 radical (unpaired) electrons. The molecule has 0 unspecified atom stereocenters. The molecule has 8 heteroatoms. The Kier molecular flexibility index (Phi) is 6.16. The van der Waals surface area contributed by atoms with Gasteiger partial charge in [0, 0.05) is 38.4 Å². The number of piperazine rings is 1. The van der Waals surface area contributed by atoms with E-state index in [0.29, 0.717) is 12.3 Å². The van der Waals surface area contributed by atoms with Crippen LogP contribution >= 0.6 is 0 Å². The van der Waals surface area contributed by atoms with Crippen molar-refractivity contribution in [2.75, 3.05) is 44.7 Å². The van der Waals surface area contributed by atoms with E-state index in [0.717, 1.165) is 38.5 Å². The Morgan fingerprint density at radius 1 is 1.17 bits per heavy atom. The fourth-order valence-electron chi connectivity index (χ4n) is 2.73. The van der Waals surface area contributed by atoms with Crippen molar-refractivity contribution in [2.45, 2.75) is 39.2 Å². The number of hydrogen-bond acceptors (Lipinski definition) is 7. The SMILES string of the molecule is CC(C)c1noc([C@@H](C)N2CCN(CCCS(C)(=O)=O)CC2)n1. The van der Waals surface area contributed by atoms with E-state index in [4.69, 9.17) is 4.52 Å². The summed E-state index contributed by atoms with van der Waals surface area (Å²) in [4.78, 5) is 9.14. The lowest BCUT2D eigenvalue weighted by atomic mass is 10.2. The van der Waals surface area contributed by atoms with E-state index >= 15 is 0 Å². The summed E-state index contributed by atoms with van der Waals surface area (Å²) in [5, 5.41) is 4.03. The van der Waals surface area contributed by atoms with Crippen LogP contribution in [0.4, 0.5) is 0 Å². The van der Waals surface area contributed by atoms with Crippen molar-refractivity contribution in [1.82, 2.24) is 19.9 Å². The van der Waals surface area contributed by atoms with E-state index in [9.17, 15) is 8.42 Å². The molecule has 1 aliphatic heterocycles. The maximum absolute atomic E-state index is 11.2. The van der Waals surface area contributed by atoms with E-state index in [1.807, 2.05) is 0 Å². The minimum atomic E-state index is -2.85. The van der Waals surface area contributed by atoms with Gasteiger partial charge in [-0.2, -0.15) is 4.98 Å². The summed E-state index contributed by atoms with van der Waals surface area (Å²) >= 11 is 0. The molecule has 1 atom stereocenters. The molecule has 132 valence electrons. The average molecular weight is 344 g/mol. The molecule has 0 spiro atoms. The zero-order valence-electron chi connectivity index (χ0n) is 14.5. The molecule has 1 fully saturated rings. The third-order valence-corrected chi connectivity index (χ3v) is 5.31. The second kappa shape index (κ2) is 7.72. The highest BCUT2D eigenvalue weighted by Gasteiger charge is 2.26. The normalized spacial score (nSPS) is 19.3. The van der Waals surface area contributed by atoms with Gasteiger partial charge in [0.05, 0.1) is 11.8 Å². The van der Waals surface area contributed by atoms with Gasteiger partial charge in [0.1, 0.15) is 9.84 Å². The van der Waals surface area contributed by atoms with Gasteiger partial charge in [-0.25, -0.2) is 8.42 Å². The highest BCUT2D eigenvalue weighted by Crippen LogP contribution is 2.21. The first-order valence-corrected chi connectivity index (χ1v) is 10.3. The highest BCUT2D eigenvalue weighted by atomic mass is 32.2. The fraction of sp³-hybridized carbons (Fsp3) is 0.867. The van der Waals surface area contributed by atoms with Crippen molar-refractivity contribution in [3.8, 4) is 0 Å². The summed E-state index contributed by atoms with van der Waals surface area (Å²) in [6.45, 7) is 10.8.